The topological polar surface area (TPSA) is 66.8 Å². The van der Waals surface area contributed by atoms with E-state index in [9.17, 15) is 14.0 Å². The Morgan fingerprint density at radius 1 is 1.28 bits per heavy atom. The van der Waals surface area contributed by atoms with Crippen LogP contribution >= 0.6 is 0 Å². The summed E-state index contributed by atoms with van der Waals surface area (Å²) in [6, 6.07) is 9.35. The average molecular weight is 402 g/mol. The Hall–Kier alpha value is -2.87. The van der Waals surface area contributed by atoms with Gasteiger partial charge in [-0.3, -0.25) is 4.79 Å². The molecule has 0 atom stereocenters. The summed E-state index contributed by atoms with van der Waals surface area (Å²) in [5, 5.41) is 2.65. The fourth-order valence-electron chi connectivity index (χ4n) is 3.12. The number of nitrogens with zero attached hydrogens (tertiary/aromatic N) is 3. The molecule has 0 aliphatic heterocycles. The molecule has 1 aliphatic rings. The highest BCUT2D eigenvalue weighted by Crippen LogP contribution is 2.28. The van der Waals surface area contributed by atoms with E-state index < -0.39 is 11.8 Å². The van der Waals surface area contributed by atoms with E-state index in [1.165, 1.54) is 30.2 Å². The highest BCUT2D eigenvalue weighted by molar-refractivity contribution is 5.92. The van der Waals surface area contributed by atoms with Crippen LogP contribution in [-0.2, 0) is 23.1 Å². The maximum atomic E-state index is 13.4. The fourth-order valence-corrected chi connectivity index (χ4v) is 3.12. The Morgan fingerprint density at radius 2 is 2.07 bits per heavy atom. The van der Waals surface area contributed by atoms with Crippen molar-refractivity contribution in [1.82, 2.24) is 14.4 Å². The van der Waals surface area contributed by atoms with Crippen molar-refractivity contribution in [3.63, 3.8) is 0 Å². The summed E-state index contributed by atoms with van der Waals surface area (Å²) in [5.74, 6) is -0.552. The number of urea groups is 1. The Balaban J connectivity index is 1.67. The Labute approximate surface area is 170 Å². The Bertz CT molecular complexity index is 850. The van der Waals surface area contributed by atoms with Gasteiger partial charge in [0.2, 0.25) is 5.91 Å². The highest BCUT2D eigenvalue weighted by atomic mass is 19.1. The molecule has 0 radical (unpaired) electrons. The number of carbonyl (C=O) groups is 2. The largest absolute Gasteiger partial charge is 0.383 e. The number of rotatable bonds is 9. The molecule has 3 amide bonds. The van der Waals surface area contributed by atoms with E-state index in [-0.39, 0.29) is 25.0 Å². The van der Waals surface area contributed by atoms with Crippen LogP contribution in [-0.4, -0.2) is 59.2 Å². The van der Waals surface area contributed by atoms with Crippen LogP contribution in [0, 0.1) is 5.82 Å². The number of anilines is 1. The van der Waals surface area contributed by atoms with Crippen molar-refractivity contribution in [2.24, 2.45) is 7.05 Å². The molecule has 0 bridgehead atoms. The summed E-state index contributed by atoms with van der Waals surface area (Å²) in [7, 11) is 3.48. The zero-order valence-corrected chi connectivity index (χ0v) is 16.8. The van der Waals surface area contributed by atoms with Crippen molar-refractivity contribution in [3.05, 3.63) is 54.1 Å². The van der Waals surface area contributed by atoms with Gasteiger partial charge in [0, 0.05) is 44.3 Å². The van der Waals surface area contributed by atoms with Gasteiger partial charge in [-0.1, -0.05) is 6.07 Å². The second-order valence-corrected chi connectivity index (χ2v) is 7.22. The molecule has 1 aromatic heterocycles. The summed E-state index contributed by atoms with van der Waals surface area (Å²) in [4.78, 5) is 29.0. The van der Waals surface area contributed by atoms with Gasteiger partial charge in [0.05, 0.1) is 13.2 Å². The van der Waals surface area contributed by atoms with Gasteiger partial charge < -0.3 is 24.4 Å². The van der Waals surface area contributed by atoms with Crippen molar-refractivity contribution in [1.29, 1.82) is 0 Å². The van der Waals surface area contributed by atoms with Gasteiger partial charge in [-0.15, -0.1) is 0 Å². The zero-order chi connectivity index (χ0) is 20.8. The van der Waals surface area contributed by atoms with E-state index >= 15 is 0 Å². The first-order chi connectivity index (χ1) is 14.0. The van der Waals surface area contributed by atoms with E-state index in [4.69, 9.17) is 4.74 Å². The molecule has 1 aliphatic carbocycles. The van der Waals surface area contributed by atoms with Gasteiger partial charge in [-0.25, -0.2) is 9.18 Å². The van der Waals surface area contributed by atoms with Gasteiger partial charge >= 0.3 is 6.03 Å². The molecule has 0 spiro atoms. The Kier molecular flexibility index (Phi) is 6.87. The summed E-state index contributed by atoms with van der Waals surface area (Å²) in [6.07, 6.45) is 3.90. The summed E-state index contributed by atoms with van der Waals surface area (Å²) in [5.41, 5.74) is 1.38. The third-order valence-electron chi connectivity index (χ3n) is 4.95. The van der Waals surface area contributed by atoms with Crippen molar-refractivity contribution >= 4 is 17.6 Å². The Morgan fingerprint density at radius 3 is 2.69 bits per heavy atom. The second-order valence-electron chi connectivity index (χ2n) is 7.22. The van der Waals surface area contributed by atoms with Crippen LogP contribution in [0.15, 0.2) is 42.6 Å². The number of hydrogen-bond acceptors (Lipinski definition) is 3. The van der Waals surface area contributed by atoms with Crippen molar-refractivity contribution in [2.45, 2.75) is 25.4 Å². The number of aromatic nitrogens is 1. The molecule has 0 unspecified atom stereocenters. The molecule has 29 heavy (non-hydrogen) atoms. The molecule has 156 valence electrons. The lowest BCUT2D eigenvalue weighted by Gasteiger charge is -2.28. The van der Waals surface area contributed by atoms with Crippen LogP contribution in [0.4, 0.5) is 14.9 Å². The summed E-state index contributed by atoms with van der Waals surface area (Å²) >= 11 is 0. The third-order valence-corrected chi connectivity index (χ3v) is 4.95. The van der Waals surface area contributed by atoms with Gasteiger partial charge in [0.25, 0.3) is 0 Å². The lowest BCUT2D eigenvalue weighted by Crippen LogP contribution is -2.46. The molecule has 0 saturated heterocycles. The smallest absolute Gasteiger partial charge is 0.322 e. The van der Waals surface area contributed by atoms with Crippen LogP contribution in [0.1, 0.15) is 18.5 Å². The summed E-state index contributed by atoms with van der Waals surface area (Å²) in [6.45, 7) is 0.999. The standard InChI is InChI=1S/C21H27FN4O3/c1-24-10-4-7-19(24)14-26(18-8-9-18)20(27)15-25(11-12-29-2)21(28)23-17-6-3-5-16(22)13-17/h3-7,10,13,18H,8-9,11-12,14-15H2,1-2H3,(H,23,28). The molecule has 1 aromatic carbocycles. The minimum atomic E-state index is -0.462. The van der Waals surface area contributed by atoms with Crippen LogP contribution in [0.5, 0.6) is 0 Å². The number of benzene rings is 1. The first-order valence-corrected chi connectivity index (χ1v) is 9.68. The van der Waals surface area contributed by atoms with Gasteiger partial charge in [-0.2, -0.15) is 0 Å². The molecule has 1 saturated carbocycles. The number of amides is 3. The number of aryl methyl sites for hydroxylation is 1. The minimum Gasteiger partial charge on any atom is -0.383 e. The van der Waals surface area contributed by atoms with Gasteiger partial charge in [-0.05, 0) is 43.2 Å². The normalized spacial score (nSPS) is 13.2. The van der Waals surface area contributed by atoms with Crippen LogP contribution < -0.4 is 5.32 Å². The van der Waals surface area contributed by atoms with Crippen LogP contribution in [0.3, 0.4) is 0 Å². The number of methoxy groups -OCH3 is 1. The number of nitrogens with one attached hydrogen (secondary N) is 1. The van der Waals surface area contributed by atoms with E-state index in [0.717, 1.165) is 18.5 Å². The molecule has 7 nitrogen and oxygen atoms in total. The highest BCUT2D eigenvalue weighted by Gasteiger charge is 2.34. The third kappa shape index (κ3) is 5.80. The molecule has 3 rings (SSSR count). The number of carbonyl (C=O) groups excluding carboxylic acids is 2. The lowest BCUT2D eigenvalue weighted by atomic mass is 10.3. The maximum Gasteiger partial charge on any atom is 0.322 e. The van der Waals surface area contributed by atoms with Gasteiger partial charge in [0.15, 0.2) is 0 Å². The van der Waals surface area contributed by atoms with Crippen molar-refractivity contribution in [2.75, 3.05) is 32.1 Å². The first-order valence-electron chi connectivity index (χ1n) is 9.68. The molecule has 1 heterocycles. The number of halogens is 1. The predicted molar refractivity (Wildman–Crippen MR) is 108 cm³/mol. The van der Waals surface area contributed by atoms with Crippen molar-refractivity contribution < 1.29 is 18.7 Å². The molecular formula is C21H27FN4O3. The van der Waals surface area contributed by atoms with Crippen molar-refractivity contribution in [3.8, 4) is 0 Å². The monoisotopic (exact) mass is 402 g/mol. The SMILES string of the molecule is COCCN(CC(=O)N(Cc1cccn1C)C1CC1)C(=O)Nc1cccc(F)c1. The minimum absolute atomic E-state index is 0.0641. The van der Waals surface area contributed by atoms with E-state index in [0.29, 0.717) is 18.8 Å². The summed E-state index contributed by atoms with van der Waals surface area (Å²) < 4.78 is 20.5. The molecule has 8 heteroatoms. The second kappa shape index (κ2) is 9.56. The van der Waals surface area contributed by atoms with E-state index in [2.05, 4.69) is 5.32 Å². The zero-order valence-electron chi connectivity index (χ0n) is 16.8. The predicted octanol–water partition coefficient (Wildman–Crippen LogP) is 2.84. The number of hydrogen-bond donors (Lipinski definition) is 1. The lowest BCUT2D eigenvalue weighted by molar-refractivity contribution is -0.133. The average Bonchev–Trinajstić information content (AvgIpc) is 3.45. The molecule has 1 N–H and O–H groups in total. The van der Waals surface area contributed by atoms with Gasteiger partial charge in [0.1, 0.15) is 12.4 Å². The first kappa shape index (κ1) is 20.9. The van der Waals surface area contributed by atoms with E-state index in [1.54, 1.807) is 6.07 Å². The van der Waals surface area contributed by atoms with Crippen LogP contribution in [0.25, 0.3) is 0 Å². The molecular weight excluding hydrogens is 375 g/mol. The quantitative estimate of drug-likeness (QED) is 0.701. The molecule has 2 aromatic rings. The van der Waals surface area contributed by atoms with E-state index in [1.807, 2.05) is 34.8 Å². The molecule has 1 fully saturated rings. The fraction of sp³-hybridized carbons (Fsp3) is 0.429. The maximum absolute atomic E-state index is 13.4. The number of ether oxygens (including phenoxy) is 1. The van der Waals surface area contributed by atoms with Crippen LogP contribution in [0.2, 0.25) is 0 Å².